The van der Waals surface area contributed by atoms with Crippen LogP contribution in [0.2, 0.25) is 0 Å². The van der Waals surface area contributed by atoms with Crippen molar-refractivity contribution in [2.75, 3.05) is 39.1 Å². The highest BCUT2D eigenvalue weighted by molar-refractivity contribution is 9.09. The van der Waals surface area contributed by atoms with Crippen LogP contribution in [0.15, 0.2) is 12.2 Å². The third kappa shape index (κ3) is 7.35. The first-order valence-electron chi connectivity index (χ1n) is 17.7. The SMILES string of the molecule is COCO[C@H]1CC[C@H]2[C@@H]3CC[C@H]4CC5(CC[C@]4(C)[C@H]3[C@@H](OCC=CCCCCCCCCCCBr)C[C@]12C)OCCO5. The third-order valence-corrected chi connectivity index (χ3v) is 13.1. The van der Waals surface area contributed by atoms with Crippen molar-refractivity contribution in [2.24, 2.45) is 34.5 Å². The van der Waals surface area contributed by atoms with Crippen molar-refractivity contribution in [3.05, 3.63) is 12.2 Å². The van der Waals surface area contributed by atoms with Crippen LogP contribution in [0, 0.1) is 34.5 Å². The van der Waals surface area contributed by atoms with E-state index in [1.165, 1.54) is 83.5 Å². The summed E-state index contributed by atoms with van der Waals surface area (Å²) >= 11 is 3.53. The quantitative estimate of drug-likeness (QED) is 0.0720. The number of unbranched alkanes of at least 4 members (excludes halogenated alkanes) is 8. The van der Waals surface area contributed by atoms with Gasteiger partial charge in [0.05, 0.1) is 32.0 Å². The van der Waals surface area contributed by atoms with E-state index in [1.807, 2.05) is 0 Å². The first-order valence-corrected chi connectivity index (χ1v) is 18.8. The molecule has 5 aliphatic rings. The van der Waals surface area contributed by atoms with Gasteiger partial charge >= 0.3 is 0 Å². The number of alkyl halides is 1. The molecule has 0 aromatic heterocycles. The Bertz CT molecular complexity index is 845. The van der Waals surface area contributed by atoms with Gasteiger partial charge in [-0.25, -0.2) is 0 Å². The molecule has 5 rings (SSSR count). The van der Waals surface area contributed by atoms with E-state index in [1.54, 1.807) is 7.11 Å². The van der Waals surface area contributed by atoms with Crippen LogP contribution in [0.1, 0.15) is 123 Å². The van der Waals surface area contributed by atoms with Gasteiger partial charge < -0.3 is 23.7 Å². The maximum Gasteiger partial charge on any atom is 0.168 e. The first-order chi connectivity index (χ1) is 20.5. The Kier molecular flexibility index (Phi) is 12.4. The number of hydrogen-bond donors (Lipinski definition) is 0. The average Bonchev–Trinajstić information content (AvgIpc) is 3.58. The van der Waals surface area contributed by atoms with E-state index in [4.69, 9.17) is 23.7 Å². The summed E-state index contributed by atoms with van der Waals surface area (Å²) < 4.78 is 31.1. The lowest BCUT2D eigenvalue weighted by Crippen LogP contribution is -2.61. The van der Waals surface area contributed by atoms with Crippen LogP contribution in [0.5, 0.6) is 0 Å². The number of allylic oxidation sites excluding steroid dienone is 1. The molecule has 5 nitrogen and oxygen atoms in total. The summed E-state index contributed by atoms with van der Waals surface area (Å²) in [4.78, 5) is 0. The lowest BCUT2D eigenvalue weighted by Gasteiger charge is -2.63. The maximum atomic E-state index is 6.96. The predicted octanol–water partition coefficient (Wildman–Crippen LogP) is 9.22. The number of ether oxygens (including phenoxy) is 5. The Balaban J connectivity index is 1.18. The molecule has 1 saturated heterocycles. The molecular formula is C36H61BrO5. The molecule has 42 heavy (non-hydrogen) atoms. The summed E-state index contributed by atoms with van der Waals surface area (Å²) in [6.07, 6.45) is 26.8. The molecule has 0 bridgehead atoms. The van der Waals surface area contributed by atoms with Gasteiger partial charge in [-0.2, -0.15) is 0 Å². The van der Waals surface area contributed by atoms with Crippen molar-refractivity contribution in [3.8, 4) is 0 Å². The number of methoxy groups -OCH3 is 1. The molecule has 0 unspecified atom stereocenters. The van der Waals surface area contributed by atoms with E-state index in [-0.39, 0.29) is 23.4 Å². The molecule has 4 aliphatic carbocycles. The number of hydrogen-bond acceptors (Lipinski definition) is 5. The van der Waals surface area contributed by atoms with Gasteiger partial charge in [-0.15, -0.1) is 0 Å². The van der Waals surface area contributed by atoms with Gasteiger partial charge in [0.15, 0.2) is 5.79 Å². The van der Waals surface area contributed by atoms with Crippen molar-refractivity contribution < 1.29 is 23.7 Å². The molecule has 0 radical (unpaired) electrons. The highest BCUT2D eigenvalue weighted by atomic mass is 79.9. The number of halogens is 1. The highest BCUT2D eigenvalue weighted by Gasteiger charge is 2.65. The Morgan fingerprint density at radius 3 is 2.26 bits per heavy atom. The Labute approximate surface area is 265 Å². The molecule has 1 heterocycles. The average molecular weight is 654 g/mol. The van der Waals surface area contributed by atoms with Gasteiger partial charge in [0.1, 0.15) is 6.79 Å². The van der Waals surface area contributed by atoms with Gasteiger partial charge in [0.25, 0.3) is 0 Å². The number of rotatable bonds is 16. The zero-order valence-electron chi connectivity index (χ0n) is 27.1. The van der Waals surface area contributed by atoms with Crippen LogP contribution >= 0.6 is 15.9 Å². The van der Waals surface area contributed by atoms with Gasteiger partial charge in [0, 0.05) is 25.3 Å². The van der Waals surface area contributed by atoms with E-state index >= 15 is 0 Å². The van der Waals surface area contributed by atoms with Crippen molar-refractivity contribution >= 4 is 15.9 Å². The summed E-state index contributed by atoms with van der Waals surface area (Å²) in [5.74, 6) is 2.39. The maximum absolute atomic E-state index is 6.96. The van der Waals surface area contributed by atoms with E-state index < -0.39 is 0 Å². The molecule has 0 aromatic rings. The van der Waals surface area contributed by atoms with Crippen molar-refractivity contribution in [2.45, 2.75) is 141 Å². The summed E-state index contributed by atoms with van der Waals surface area (Å²) in [7, 11) is 1.74. The minimum absolute atomic E-state index is 0.166. The second kappa shape index (κ2) is 15.5. The molecule has 242 valence electrons. The van der Waals surface area contributed by atoms with Crippen LogP contribution in [0.25, 0.3) is 0 Å². The summed E-state index contributed by atoms with van der Waals surface area (Å²) in [6.45, 7) is 7.78. The van der Waals surface area contributed by atoms with Crippen LogP contribution in [-0.4, -0.2) is 57.0 Å². The van der Waals surface area contributed by atoms with Crippen LogP contribution in [-0.2, 0) is 23.7 Å². The van der Waals surface area contributed by atoms with E-state index in [2.05, 4.69) is 41.9 Å². The van der Waals surface area contributed by atoms with Gasteiger partial charge in [-0.3, -0.25) is 0 Å². The van der Waals surface area contributed by atoms with E-state index in [0.717, 1.165) is 56.8 Å². The molecule has 1 aliphatic heterocycles. The Morgan fingerprint density at radius 2 is 1.52 bits per heavy atom. The van der Waals surface area contributed by atoms with Gasteiger partial charge in [-0.1, -0.05) is 80.5 Å². The monoisotopic (exact) mass is 652 g/mol. The minimum atomic E-state index is -0.306. The molecule has 0 aromatic carbocycles. The molecule has 1 spiro atoms. The zero-order valence-corrected chi connectivity index (χ0v) is 28.7. The third-order valence-electron chi connectivity index (χ3n) is 12.5. The lowest BCUT2D eigenvalue weighted by atomic mass is 9.44. The van der Waals surface area contributed by atoms with Crippen LogP contribution in [0.4, 0.5) is 0 Å². The lowest BCUT2D eigenvalue weighted by molar-refractivity contribution is -0.249. The van der Waals surface area contributed by atoms with Crippen molar-refractivity contribution in [1.82, 2.24) is 0 Å². The fraction of sp³-hybridized carbons (Fsp3) is 0.944. The second-order valence-electron chi connectivity index (χ2n) is 14.9. The minimum Gasteiger partial charge on any atom is -0.374 e. The zero-order chi connectivity index (χ0) is 29.5. The van der Waals surface area contributed by atoms with Crippen molar-refractivity contribution in [3.63, 3.8) is 0 Å². The van der Waals surface area contributed by atoms with Gasteiger partial charge in [0.2, 0.25) is 0 Å². The summed E-state index contributed by atoms with van der Waals surface area (Å²) in [5.41, 5.74) is 0.456. The summed E-state index contributed by atoms with van der Waals surface area (Å²) in [6, 6.07) is 0. The van der Waals surface area contributed by atoms with E-state index in [9.17, 15) is 0 Å². The normalized spacial score (nSPS) is 39.0. The predicted molar refractivity (Wildman–Crippen MR) is 173 cm³/mol. The van der Waals surface area contributed by atoms with Crippen LogP contribution < -0.4 is 0 Å². The molecule has 4 saturated carbocycles. The second-order valence-corrected chi connectivity index (χ2v) is 15.7. The fourth-order valence-electron chi connectivity index (χ4n) is 10.4. The summed E-state index contributed by atoms with van der Waals surface area (Å²) in [5, 5.41) is 1.15. The van der Waals surface area contributed by atoms with Crippen LogP contribution in [0.3, 0.4) is 0 Å². The smallest absolute Gasteiger partial charge is 0.168 e. The molecule has 6 heteroatoms. The number of fused-ring (bicyclic) bond motifs is 5. The topological polar surface area (TPSA) is 46.2 Å². The Morgan fingerprint density at radius 1 is 0.786 bits per heavy atom. The standard InChI is InChI=1S/C36H61BrO5/c1-34-19-20-36(41-23-24-42-36)25-28(34)15-16-29-30-17-18-32(40-27-38-3)35(30,2)26-31(33(29)34)39-22-14-12-10-8-6-4-5-7-9-11-13-21-37/h12,14,28-33H,4-11,13,15-27H2,1-3H3/t28-,29-,30-,31-,32-,33+,34-,35-/m0/s1. The fourth-order valence-corrected chi connectivity index (χ4v) is 10.8. The molecule has 0 amide bonds. The van der Waals surface area contributed by atoms with Crippen molar-refractivity contribution in [1.29, 1.82) is 0 Å². The Hall–Kier alpha value is 0.0200. The highest BCUT2D eigenvalue weighted by Crippen LogP contribution is 2.68. The molecular weight excluding hydrogens is 592 g/mol. The first kappa shape index (κ1) is 33.4. The van der Waals surface area contributed by atoms with Gasteiger partial charge in [-0.05, 0) is 92.3 Å². The largest absolute Gasteiger partial charge is 0.374 e. The molecule has 0 N–H and O–H groups in total. The molecule has 8 atom stereocenters. The van der Waals surface area contributed by atoms with E-state index in [0.29, 0.717) is 30.0 Å². The molecule has 5 fully saturated rings.